The third-order valence-corrected chi connectivity index (χ3v) is 3.56. The predicted octanol–water partition coefficient (Wildman–Crippen LogP) is 2.08. The number of rotatable bonds is 3. The summed E-state index contributed by atoms with van der Waals surface area (Å²) in [7, 11) is 0. The molecule has 1 fully saturated rings. The number of carbonyl (C=O) groups excluding carboxylic acids is 1. The summed E-state index contributed by atoms with van der Waals surface area (Å²) < 4.78 is 37.3. The molecule has 1 saturated heterocycles. The summed E-state index contributed by atoms with van der Waals surface area (Å²) in [4.78, 5) is 11.8. The first-order valence-corrected chi connectivity index (χ1v) is 6.32. The number of carbonyl (C=O) groups is 1. The normalized spacial score (nSPS) is 27.1. The fourth-order valence-corrected chi connectivity index (χ4v) is 1.85. The van der Waals surface area contributed by atoms with Crippen LogP contribution in [0.15, 0.2) is 0 Å². The lowest BCUT2D eigenvalue weighted by atomic mass is 9.93. The summed E-state index contributed by atoms with van der Waals surface area (Å²) in [5, 5.41) is 5.51. The van der Waals surface area contributed by atoms with Crippen LogP contribution in [0.5, 0.6) is 0 Å². The van der Waals surface area contributed by atoms with Gasteiger partial charge in [0.05, 0.1) is 12.0 Å². The molecule has 0 spiro atoms. The minimum atomic E-state index is -4.17. The molecule has 1 amide bonds. The third kappa shape index (κ3) is 4.15. The molecule has 6 heteroatoms. The molecular formula is C12H21F3N2O. The SMILES string of the molecule is CC(C)C(C)NC(=O)C1CCC(C(F)(F)F)CN1. The van der Waals surface area contributed by atoms with Crippen LogP contribution in [-0.2, 0) is 4.79 Å². The van der Waals surface area contributed by atoms with E-state index in [1.54, 1.807) is 0 Å². The average molecular weight is 266 g/mol. The Bertz CT molecular complexity index is 284. The van der Waals surface area contributed by atoms with Gasteiger partial charge in [-0.1, -0.05) is 13.8 Å². The molecule has 0 saturated carbocycles. The summed E-state index contributed by atoms with van der Waals surface area (Å²) in [6, 6.07) is -0.468. The lowest BCUT2D eigenvalue weighted by Crippen LogP contribution is -2.53. The molecule has 1 aliphatic rings. The van der Waals surface area contributed by atoms with Crippen molar-refractivity contribution in [1.82, 2.24) is 10.6 Å². The Morgan fingerprint density at radius 3 is 2.28 bits per heavy atom. The minimum Gasteiger partial charge on any atom is -0.352 e. The van der Waals surface area contributed by atoms with Crippen LogP contribution in [0.2, 0.25) is 0 Å². The van der Waals surface area contributed by atoms with Gasteiger partial charge in [0.2, 0.25) is 5.91 Å². The van der Waals surface area contributed by atoms with E-state index in [-0.39, 0.29) is 31.3 Å². The first kappa shape index (κ1) is 15.3. The van der Waals surface area contributed by atoms with Gasteiger partial charge in [-0.25, -0.2) is 0 Å². The highest BCUT2D eigenvalue weighted by atomic mass is 19.4. The van der Waals surface area contributed by atoms with E-state index < -0.39 is 18.1 Å². The smallest absolute Gasteiger partial charge is 0.352 e. The number of piperidine rings is 1. The second-order valence-electron chi connectivity index (χ2n) is 5.32. The van der Waals surface area contributed by atoms with Gasteiger partial charge in [-0.3, -0.25) is 4.79 Å². The van der Waals surface area contributed by atoms with Gasteiger partial charge in [0.15, 0.2) is 0 Å². The quantitative estimate of drug-likeness (QED) is 0.821. The molecule has 2 N–H and O–H groups in total. The van der Waals surface area contributed by atoms with Gasteiger partial charge in [0.1, 0.15) is 0 Å². The molecule has 0 radical (unpaired) electrons. The van der Waals surface area contributed by atoms with Gasteiger partial charge in [-0.2, -0.15) is 13.2 Å². The number of hydrogen-bond donors (Lipinski definition) is 2. The third-order valence-electron chi connectivity index (χ3n) is 3.56. The Hall–Kier alpha value is -0.780. The zero-order chi connectivity index (χ0) is 13.9. The Labute approximate surface area is 106 Å². The fraction of sp³-hybridized carbons (Fsp3) is 0.917. The molecule has 1 rings (SSSR count). The zero-order valence-corrected chi connectivity index (χ0v) is 11.0. The molecule has 3 unspecified atom stereocenters. The number of halogens is 3. The molecule has 1 heterocycles. The Morgan fingerprint density at radius 1 is 1.28 bits per heavy atom. The second kappa shape index (κ2) is 5.91. The Morgan fingerprint density at radius 2 is 1.89 bits per heavy atom. The van der Waals surface area contributed by atoms with Crippen molar-refractivity contribution in [2.45, 2.75) is 51.9 Å². The van der Waals surface area contributed by atoms with Gasteiger partial charge < -0.3 is 10.6 Å². The van der Waals surface area contributed by atoms with Crippen molar-refractivity contribution in [3.63, 3.8) is 0 Å². The van der Waals surface area contributed by atoms with Gasteiger partial charge in [0, 0.05) is 12.6 Å². The summed E-state index contributed by atoms with van der Waals surface area (Å²) in [6.45, 7) is 5.69. The highest BCUT2D eigenvalue weighted by Gasteiger charge is 2.42. The number of hydrogen-bond acceptors (Lipinski definition) is 2. The van der Waals surface area contributed by atoms with E-state index in [4.69, 9.17) is 0 Å². The molecule has 0 aromatic carbocycles. The molecule has 0 aliphatic carbocycles. The first-order valence-electron chi connectivity index (χ1n) is 6.32. The Balaban J connectivity index is 2.41. The molecule has 3 nitrogen and oxygen atoms in total. The lowest BCUT2D eigenvalue weighted by molar-refractivity contribution is -0.180. The van der Waals surface area contributed by atoms with Crippen molar-refractivity contribution in [1.29, 1.82) is 0 Å². The van der Waals surface area contributed by atoms with Gasteiger partial charge >= 0.3 is 6.18 Å². The van der Waals surface area contributed by atoms with Crippen molar-refractivity contribution in [3.05, 3.63) is 0 Å². The molecule has 18 heavy (non-hydrogen) atoms. The summed E-state index contributed by atoms with van der Waals surface area (Å²) in [5.74, 6) is -1.22. The largest absolute Gasteiger partial charge is 0.393 e. The van der Waals surface area contributed by atoms with Crippen molar-refractivity contribution in [2.24, 2.45) is 11.8 Å². The Kier molecular flexibility index (Phi) is 5.01. The van der Waals surface area contributed by atoms with Crippen molar-refractivity contribution < 1.29 is 18.0 Å². The van der Waals surface area contributed by atoms with E-state index in [1.165, 1.54) is 0 Å². The van der Waals surface area contributed by atoms with Crippen LogP contribution >= 0.6 is 0 Å². The maximum Gasteiger partial charge on any atom is 0.393 e. The monoisotopic (exact) mass is 266 g/mol. The second-order valence-corrected chi connectivity index (χ2v) is 5.32. The predicted molar refractivity (Wildman–Crippen MR) is 63.0 cm³/mol. The number of amides is 1. The van der Waals surface area contributed by atoms with E-state index in [9.17, 15) is 18.0 Å². The van der Waals surface area contributed by atoms with E-state index in [2.05, 4.69) is 10.6 Å². The first-order chi connectivity index (χ1) is 8.21. The van der Waals surface area contributed by atoms with Crippen LogP contribution in [0.25, 0.3) is 0 Å². The zero-order valence-electron chi connectivity index (χ0n) is 11.0. The maximum atomic E-state index is 12.4. The molecular weight excluding hydrogens is 245 g/mol. The summed E-state index contributed by atoms with van der Waals surface area (Å²) >= 11 is 0. The van der Waals surface area contributed by atoms with Crippen molar-refractivity contribution in [3.8, 4) is 0 Å². The van der Waals surface area contributed by atoms with Gasteiger partial charge in [-0.15, -0.1) is 0 Å². The van der Waals surface area contributed by atoms with E-state index in [0.29, 0.717) is 5.92 Å². The number of alkyl halides is 3. The summed E-state index contributed by atoms with van der Waals surface area (Å²) in [6.07, 6.45) is -3.91. The molecule has 3 atom stereocenters. The van der Waals surface area contributed by atoms with Crippen LogP contribution in [-0.4, -0.2) is 30.7 Å². The van der Waals surface area contributed by atoms with Crippen LogP contribution in [0.3, 0.4) is 0 Å². The van der Waals surface area contributed by atoms with Crippen LogP contribution in [0, 0.1) is 11.8 Å². The molecule has 106 valence electrons. The maximum absolute atomic E-state index is 12.4. The molecule has 0 aromatic rings. The van der Waals surface area contributed by atoms with Gasteiger partial charge in [0.25, 0.3) is 0 Å². The van der Waals surface area contributed by atoms with E-state index in [1.807, 2.05) is 20.8 Å². The fourth-order valence-electron chi connectivity index (χ4n) is 1.85. The highest BCUT2D eigenvalue weighted by molar-refractivity contribution is 5.82. The topological polar surface area (TPSA) is 41.1 Å². The molecule has 1 aliphatic heterocycles. The molecule has 0 aromatic heterocycles. The van der Waals surface area contributed by atoms with Crippen LogP contribution in [0.1, 0.15) is 33.6 Å². The molecule has 0 bridgehead atoms. The lowest BCUT2D eigenvalue weighted by Gasteiger charge is -2.31. The summed E-state index contributed by atoms with van der Waals surface area (Å²) in [5.41, 5.74) is 0. The average Bonchev–Trinajstić information content (AvgIpc) is 2.27. The van der Waals surface area contributed by atoms with Crippen molar-refractivity contribution in [2.75, 3.05) is 6.54 Å². The van der Waals surface area contributed by atoms with Crippen LogP contribution in [0.4, 0.5) is 13.2 Å². The van der Waals surface area contributed by atoms with E-state index in [0.717, 1.165) is 0 Å². The van der Waals surface area contributed by atoms with Crippen molar-refractivity contribution >= 4 is 5.91 Å². The van der Waals surface area contributed by atoms with Crippen LogP contribution < -0.4 is 10.6 Å². The minimum absolute atomic E-state index is 0.0185. The van der Waals surface area contributed by atoms with E-state index >= 15 is 0 Å². The number of nitrogens with one attached hydrogen (secondary N) is 2. The highest BCUT2D eigenvalue weighted by Crippen LogP contribution is 2.31. The standard InChI is InChI=1S/C12H21F3N2O/c1-7(2)8(3)17-11(18)10-5-4-9(6-16-10)12(13,14)15/h7-10,16H,4-6H2,1-3H3,(H,17,18). The van der Waals surface area contributed by atoms with Gasteiger partial charge in [-0.05, 0) is 25.7 Å².